The van der Waals surface area contributed by atoms with Gasteiger partial charge >= 0.3 is 0 Å². The maximum atomic E-state index is 13.3. The number of rotatable bonds is 6. The first kappa shape index (κ1) is 22.1. The molecular weight excluding hydrogens is 464 g/mol. The average molecular weight is 487 g/mol. The average Bonchev–Trinajstić information content (AvgIpc) is 2.69. The number of nitrogens with one attached hydrogen (secondary N) is 1. The lowest BCUT2D eigenvalue weighted by Gasteiger charge is -2.24. The van der Waals surface area contributed by atoms with E-state index in [0.29, 0.717) is 11.4 Å². The first-order valence-electron chi connectivity index (χ1n) is 9.39. The Labute approximate surface area is 185 Å². The summed E-state index contributed by atoms with van der Waals surface area (Å²) in [5, 5.41) is 2.89. The minimum Gasteiger partial charge on any atom is -0.324 e. The molecular formula is C23H23BrN2O3S. The van der Waals surface area contributed by atoms with E-state index in [2.05, 4.69) is 21.2 Å². The molecule has 0 saturated heterocycles. The molecule has 0 fully saturated rings. The molecule has 0 spiro atoms. The van der Waals surface area contributed by atoms with Crippen LogP contribution in [0.4, 0.5) is 11.4 Å². The van der Waals surface area contributed by atoms with Crippen molar-refractivity contribution in [3.8, 4) is 0 Å². The smallest absolute Gasteiger partial charge is 0.264 e. The van der Waals surface area contributed by atoms with Crippen LogP contribution in [0.1, 0.15) is 16.7 Å². The molecule has 0 saturated carbocycles. The number of amides is 1. The molecule has 0 aliphatic rings. The fourth-order valence-corrected chi connectivity index (χ4v) is 5.17. The van der Waals surface area contributed by atoms with Gasteiger partial charge in [-0.05, 0) is 62.2 Å². The second-order valence-electron chi connectivity index (χ2n) is 7.13. The number of hydrogen-bond donors (Lipinski definition) is 1. The number of benzene rings is 3. The van der Waals surface area contributed by atoms with Crippen LogP contribution in [0.2, 0.25) is 0 Å². The van der Waals surface area contributed by atoms with Gasteiger partial charge in [-0.2, -0.15) is 0 Å². The highest BCUT2D eigenvalue weighted by Gasteiger charge is 2.27. The number of carbonyl (C=O) groups excluding carboxylic acids is 1. The normalized spacial score (nSPS) is 11.2. The Morgan fingerprint density at radius 1 is 0.933 bits per heavy atom. The Balaban J connectivity index is 1.97. The molecule has 0 radical (unpaired) electrons. The molecule has 0 unspecified atom stereocenters. The number of sulfonamides is 1. The lowest BCUT2D eigenvalue weighted by Crippen LogP contribution is -2.38. The first-order chi connectivity index (χ1) is 14.2. The van der Waals surface area contributed by atoms with E-state index in [9.17, 15) is 13.2 Å². The number of anilines is 2. The first-order valence-corrected chi connectivity index (χ1v) is 11.6. The standard InChI is InChI=1S/C23H23BrN2O3S/c1-16-12-17(2)23(18(3)13-16)25-22(27)15-26(20-9-7-8-19(24)14-20)30(28,29)21-10-5-4-6-11-21/h4-14H,15H2,1-3H3,(H,25,27). The molecule has 7 heteroatoms. The zero-order chi connectivity index (χ0) is 21.9. The lowest BCUT2D eigenvalue weighted by atomic mass is 10.1. The number of nitrogens with zero attached hydrogens (tertiary/aromatic N) is 1. The molecule has 0 heterocycles. The SMILES string of the molecule is Cc1cc(C)c(NC(=O)CN(c2cccc(Br)c2)S(=O)(=O)c2ccccc2)c(C)c1. The van der Waals surface area contributed by atoms with Crippen LogP contribution in [0.3, 0.4) is 0 Å². The summed E-state index contributed by atoms with van der Waals surface area (Å²) in [6, 6.07) is 18.9. The molecule has 156 valence electrons. The van der Waals surface area contributed by atoms with E-state index in [1.165, 1.54) is 12.1 Å². The summed E-state index contributed by atoms with van der Waals surface area (Å²) in [6.45, 7) is 5.48. The van der Waals surface area contributed by atoms with Crippen LogP contribution in [0, 0.1) is 20.8 Å². The zero-order valence-corrected chi connectivity index (χ0v) is 19.4. The summed E-state index contributed by atoms with van der Waals surface area (Å²) >= 11 is 3.38. The maximum absolute atomic E-state index is 13.3. The van der Waals surface area contributed by atoms with Gasteiger partial charge < -0.3 is 5.32 Å². The topological polar surface area (TPSA) is 66.5 Å². The summed E-state index contributed by atoms with van der Waals surface area (Å²) in [7, 11) is -3.93. The second-order valence-corrected chi connectivity index (χ2v) is 9.90. The summed E-state index contributed by atoms with van der Waals surface area (Å²) in [5.74, 6) is -0.412. The monoisotopic (exact) mass is 486 g/mol. The van der Waals surface area contributed by atoms with E-state index < -0.39 is 15.9 Å². The number of halogens is 1. The molecule has 1 N–H and O–H groups in total. The molecule has 3 aromatic rings. The van der Waals surface area contributed by atoms with Crippen molar-refractivity contribution in [2.24, 2.45) is 0 Å². The van der Waals surface area contributed by atoms with E-state index in [1.54, 1.807) is 42.5 Å². The minimum absolute atomic E-state index is 0.125. The van der Waals surface area contributed by atoms with Crippen LogP contribution < -0.4 is 9.62 Å². The summed E-state index contributed by atoms with van der Waals surface area (Å²) < 4.78 is 28.5. The molecule has 0 aliphatic carbocycles. The highest BCUT2D eigenvalue weighted by Crippen LogP contribution is 2.27. The third-order valence-corrected chi connectivity index (χ3v) is 6.94. The van der Waals surface area contributed by atoms with Crippen molar-refractivity contribution < 1.29 is 13.2 Å². The molecule has 1 amide bonds. The minimum atomic E-state index is -3.93. The van der Waals surface area contributed by atoms with Gasteiger partial charge in [-0.25, -0.2) is 8.42 Å². The van der Waals surface area contributed by atoms with Crippen molar-refractivity contribution in [1.82, 2.24) is 0 Å². The Bertz CT molecular complexity index is 1160. The summed E-state index contributed by atoms with van der Waals surface area (Å²) in [4.78, 5) is 13.0. The summed E-state index contributed by atoms with van der Waals surface area (Å²) in [6.07, 6.45) is 0. The van der Waals surface area contributed by atoms with Gasteiger partial charge in [0.25, 0.3) is 10.0 Å². The number of hydrogen-bond acceptors (Lipinski definition) is 3. The van der Waals surface area contributed by atoms with Crippen LogP contribution in [0.15, 0.2) is 76.1 Å². The fraction of sp³-hybridized carbons (Fsp3) is 0.174. The van der Waals surface area contributed by atoms with Crippen LogP contribution in [0.5, 0.6) is 0 Å². The van der Waals surface area contributed by atoms with E-state index in [-0.39, 0.29) is 11.4 Å². The second kappa shape index (κ2) is 9.02. The third-order valence-electron chi connectivity index (χ3n) is 4.66. The molecule has 30 heavy (non-hydrogen) atoms. The molecule has 0 bridgehead atoms. The van der Waals surface area contributed by atoms with Gasteiger partial charge in [0.1, 0.15) is 6.54 Å². The van der Waals surface area contributed by atoms with Crippen LogP contribution in [0.25, 0.3) is 0 Å². The molecule has 3 rings (SSSR count). The van der Waals surface area contributed by atoms with Crippen molar-refractivity contribution in [2.75, 3.05) is 16.2 Å². The Kier molecular flexibility index (Phi) is 6.63. The Morgan fingerprint density at radius 2 is 1.57 bits per heavy atom. The predicted octanol–water partition coefficient (Wildman–Crippen LogP) is 5.21. The van der Waals surface area contributed by atoms with Gasteiger partial charge in [0.05, 0.1) is 10.6 Å². The van der Waals surface area contributed by atoms with E-state index in [4.69, 9.17) is 0 Å². The molecule has 3 aromatic carbocycles. The quantitative estimate of drug-likeness (QED) is 0.519. The summed E-state index contributed by atoms with van der Waals surface area (Å²) in [5.41, 5.74) is 4.07. The van der Waals surface area contributed by atoms with Crippen LogP contribution in [-0.2, 0) is 14.8 Å². The predicted molar refractivity (Wildman–Crippen MR) is 124 cm³/mol. The van der Waals surface area contributed by atoms with Crippen molar-refractivity contribution in [1.29, 1.82) is 0 Å². The van der Waals surface area contributed by atoms with Crippen molar-refractivity contribution in [3.05, 3.63) is 87.9 Å². The van der Waals surface area contributed by atoms with Gasteiger partial charge in [-0.3, -0.25) is 9.10 Å². The van der Waals surface area contributed by atoms with Gasteiger partial charge in [0.2, 0.25) is 5.91 Å². The highest BCUT2D eigenvalue weighted by atomic mass is 79.9. The van der Waals surface area contributed by atoms with Gasteiger partial charge in [-0.1, -0.05) is 57.9 Å². The van der Waals surface area contributed by atoms with Crippen molar-refractivity contribution in [3.63, 3.8) is 0 Å². The van der Waals surface area contributed by atoms with E-state index in [1.807, 2.05) is 32.9 Å². The maximum Gasteiger partial charge on any atom is 0.264 e. The van der Waals surface area contributed by atoms with Crippen LogP contribution in [-0.4, -0.2) is 20.9 Å². The lowest BCUT2D eigenvalue weighted by molar-refractivity contribution is -0.114. The van der Waals surface area contributed by atoms with Crippen LogP contribution >= 0.6 is 15.9 Å². The van der Waals surface area contributed by atoms with E-state index >= 15 is 0 Å². The zero-order valence-electron chi connectivity index (χ0n) is 17.0. The molecule has 0 atom stereocenters. The van der Waals surface area contributed by atoms with Crippen molar-refractivity contribution in [2.45, 2.75) is 25.7 Å². The largest absolute Gasteiger partial charge is 0.324 e. The number of carbonyl (C=O) groups is 1. The number of aryl methyl sites for hydroxylation is 3. The van der Waals surface area contributed by atoms with E-state index in [0.717, 1.165) is 25.5 Å². The molecule has 0 aromatic heterocycles. The van der Waals surface area contributed by atoms with Crippen molar-refractivity contribution >= 4 is 43.2 Å². The Hall–Kier alpha value is -2.64. The van der Waals surface area contributed by atoms with Gasteiger partial charge in [0, 0.05) is 10.2 Å². The molecule has 0 aliphatic heterocycles. The van der Waals surface area contributed by atoms with Gasteiger partial charge in [0.15, 0.2) is 0 Å². The highest BCUT2D eigenvalue weighted by molar-refractivity contribution is 9.10. The fourth-order valence-electron chi connectivity index (χ4n) is 3.35. The Morgan fingerprint density at radius 3 is 2.17 bits per heavy atom. The molecule has 5 nitrogen and oxygen atoms in total. The third kappa shape index (κ3) is 4.91. The van der Waals surface area contributed by atoms with Gasteiger partial charge in [-0.15, -0.1) is 0 Å².